The Kier molecular flexibility index (Phi) is 1.24. The van der Waals surface area contributed by atoms with Crippen molar-refractivity contribution in [3.8, 4) is 0 Å². The Hall–Kier alpha value is -0.530. The van der Waals surface area contributed by atoms with E-state index in [4.69, 9.17) is 0 Å². The van der Waals surface area contributed by atoms with Crippen molar-refractivity contribution in [2.24, 2.45) is 10.9 Å². The Morgan fingerprint density at radius 1 is 1.50 bits per heavy atom. The molecule has 0 aromatic carbocycles. The molecule has 0 spiro atoms. The molecule has 1 N–H and O–H groups in total. The van der Waals surface area contributed by atoms with E-state index in [1.54, 1.807) is 0 Å². The van der Waals surface area contributed by atoms with Gasteiger partial charge in [0.25, 0.3) is 0 Å². The van der Waals surface area contributed by atoms with Crippen LogP contribution in [0.2, 0.25) is 0 Å². The van der Waals surface area contributed by atoms with Crippen LogP contribution < -0.4 is 5.32 Å². The lowest BCUT2D eigenvalue weighted by atomic mass is 9.94. The fourth-order valence-electron chi connectivity index (χ4n) is 0.898. The van der Waals surface area contributed by atoms with E-state index >= 15 is 0 Å². The largest absolute Gasteiger partial charge is 0.370 e. The maximum Gasteiger partial charge on any atom is 0.101 e. The molecule has 1 saturated heterocycles. The zero-order valence-corrected chi connectivity index (χ0v) is 5.60. The Labute approximate surface area is 50.0 Å². The van der Waals surface area contributed by atoms with Crippen molar-refractivity contribution in [1.29, 1.82) is 0 Å². The van der Waals surface area contributed by atoms with Crippen molar-refractivity contribution >= 4 is 5.84 Å². The Bertz CT molecular complexity index is 118. The molecule has 2 unspecified atom stereocenters. The molecule has 1 heterocycles. The van der Waals surface area contributed by atoms with Crippen LogP contribution in [-0.2, 0) is 0 Å². The fourth-order valence-corrected chi connectivity index (χ4v) is 0.898. The average Bonchev–Trinajstić information content (AvgIpc) is 1.81. The highest BCUT2D eigenvalue weighted by Crippen LogP contribution is 2.13. The first kappa shape index (κ1) is 5.60. The minimum Gasteiger partial charge on any atom is -0.370 e. The second-order valence-electron chi connectivity index (χ2n) is 2.33. The highest BCUT2D eigenvalue weighted by atomic mass is 15.1. The number of nitrogens with one attached hydrogen (secondary N) is 1. The number of amidine groups is 1. The van der Waals surface area contributed by atoms with Gasteiger partial charge in [0.2, 0.25) is 0 Å². The van der Waals surface area contributed by atoms with Crippen molar-refractivity contribution in [3.63, 3.8) is 0 Å². The number of hydrogen-bond donors (Lipinski definition) is 1. The zero-order chi connectivity index (χ0) is 6.15. The standard InChI is InChI=1S/C6H12N2/c1-4-5(2)8-6(4)7-3/h4-5H,1-3H3,(H,7,8). The maximum atomic E-state index is 4.03. The molecular formula is C6H12N2. The van der Waals surface area contributed by atoms with E-state index in [1.807, 2.05) is 7.05 Å². The highest BCUT2D eigenvalue weighted by molar-refractivity contribution is 5.90. The van der Waals surface area contributed by atoms with E-state index in [-0.39, 0.29) is 0 Å². The van der Waals surface area contributed by atoms with E-state index in [0.717, 1.165) is 5.84 Å². The lowest BCUT2D eigenvalue weighted by Gasteiger charge is -2.35. The third-order valence-electron chi connectivity index (χ3n) is 1.80. The first-order chi connectivity index (χ1) is 3.75. The number of aliphatic imine (C=N–C) groups is 1. The van der Waals surface area contributed by atoms with Crippen LogP contribution in [0.5, 0.6) is 0 Å². The molecule has 0 bridgehead atoms. The van der Waals surface area contributed by atoms with Crippen molar-refractivity contribution in [3.05, 3.63) is 0 Å². The van der Waals surface area contributed by atoms with Gasteiger partial charge in [-0.25, -0.2) is 0 Å². The predicted octanol–water partition coefficient (Wildman–Crippen LogP) is 0.643. The molecule has 0 aromatic rings. The number of rotatable bonds is 0. The summed E-state index contributed by atoms with van der Waals surface area (Å²) in [6.45, 7) is 4.35. The second kappa shape index (κ2) is 1.77. The molecule has 0 radical (unpaired) electrons. The maximum absolute atomic E-state index is 4.03. The van der Waals surface area contributed by atoms with Gasteiger partial charge in [0, 0.05) is 19.0 Å². The van der Waals surface area contributed by atoms with Gasteiger partial charge >= 0.3 is 0 Å². The van der Waals surface area contributed by atoms with E-state index in [1.165, 1.54) is 0 Å². The van der Waals surface area contributed by atoms with Crippen LogP contribution in [-0.4, -0.2) is 18.9 Å². The molecule has 0 aliphatic carbocycles. The average molecular weight is 112 g/mol. The molecule has 1 rings (SSSR count). The monoisotopic (exact) mass is 112 g/mol. The Morgan fingerprint density at radius 3 is 2.25 bits per heavy atom. The van der Waals surface area contributed by atoms with Gasteiger partial charge in [0.1, 0.15) is 5.84 Å². The summed E-state index contributed by atoms with van der Waals surface area (Å²) in [6, 6.07) is 0.633. The summed E-state index contributed by atoms with van der Waals surface area (Å²) in [5.74, 6) is 1.80. The van der Waals surface area contributed by atoms with Gasteiger partial charge in [-0.1, -0.05) is 6.92 Å². The summed E-state index contributed by atoms with van der Waals surface area (Å²) in [5.41, 5.74) is 0. The van der Waals surface area contributed by atoms with Gasteiger partial charge in [-0.15, -0.1) is 0 Å². The lowest BCUT2D eigenvalue weighted by Crippen LogP contribution is -2.54. The molecule has 1 aliphatic rings. The fraction of sp³-hybridized carbons (Fsp3) is 0.833. The highest BCUT2D eigenvalue weighted by Gasteiger charge is 2.27. The van der Waals surface area contributed by atoms with Gasteiger partial charge in [-0.05, 0) is 6.92 Å². The normalized spacial score (nSPS) is 41.1. The lowest BCUT2D eigenvalue weighted by molar-refractivity contribution is 0.458. The quantitative estimate of drug-likeness (QED) is 0.488. The van der Waals surface area contributed by atoms with Crippen LogP contribution >= 0.6 is 0 Å². The SMILES string of the molecule is CN=C1NC(C)C1C. The molecule has 0 saturated carbocycles. The molecule has 0 amide bonds. The molecule has 46 valence electrons. The summed E-state index contributed by atoms with van der Waals surface area (Å²) < 4.78 is 0. The third-order valence-corrected chi connectivity index (χ3v) is 1.80. The van der Waals surface area contributed by atoms with Crippen molar-refractivity contribution in [1.82, 2.24) is 5.32 Å². The van der Waals surface area contributed by atoms with Crippen LogP contribution in [0.3, 0.4) is 0 Å². The first-order valence-electron chi connectivity index (χ1n) is 2.99. The molecule has 2 nitrogen and oxygen atoms in total. The molecule has 8 heavy (non-hydrogen) atoms. The first-order valence-corrected chi connectivity index (χ1v) is 2.99. The molecular weight excluding hydrogens is 100 g/mol. The van der Waals surface area contributed by atoms with E-state index < -0.39 is 0 Å². The van der Waals surface area contributed by atoms with E-state index in [2.05, 4.69) is 24.2 Å². The summed E-state index contributed by atoms with van der Waals surface area (Å²) in [7, 11) is 1.82. The van der Waals surface area contributed by atoms with Gasteiger partial charge in [-0.3, -0.25) is 4.99 Å². The van der Waals surface area contributed by atoms with Crippen LogP contribution in [0.25, 0.3) is 0 Å². The second-order valence-corrected chi connectivity index (χ2v) is 2.33. The van der Waals surface area contributed by atoms with E-state index in [0.29, 0.717) is 12.0 Å². The van der Waals surface area contributed by atoms with Crippen LogP contribution in [0.1, 0.15) is 13.8 Å². The van der Waals surface area contributed by atoms with Crippen LogP contribution in [0, 0.1) is 5.92 Å². The van der Waals surface area contributed by atoms with Crippen molar-refractivity contribution < 1.29 is 0 Å². The summed E-state index contributed by atoms with van der Waals surface area (Å²) in [5, 5.41) is 3.19. The minimum absolute atomic E-state index is 0.633. The molecule has 2 atom stereocenters. The van der Waals surface area contributed by atoms with Gasteiger partial charge < -0.3 is 5.32 Å². The van der Waals surface area contributed by atoms with Gasteiger partial charge in [0.05, 0.1) is 0 Å². The molecule has 0 aromatic heterocycles. The topological polar surface area (TPSA) is 24.4 Å². The molecule has 1 fully saturated rings. The summed E-state index contributed by atoms with van der Waals surface area (Å²) in [4.78, 5) is 4.03. The minimum atomic E-state index is 0.633. The third kappa shape index (κ3) is 0.602. The number of hydrogen-bond acceptors (Lipinski definition) is 1. The molecule has 1 aliphatic heterocycles. The predicted molar refractivity (Wildman–Crippen MR) is 35.1 cm³/mol. The smallest absolute Gasteiger partial charge is 0.101 e. The molecule has 2 heteroatoms. The Balaban J connectivity index is 2.48. The Morgan fingerprint density at radius 2 is 2.12 bits per heavy atom. The van der Waals surface area contributed by atoms with Crippen LogP contribution in [0.15, 0.2) is 4.99 Å². The zero-order valence-electron chi connectivity index (χ0n) is 5.60. The van der Waals surface area contributed by atoms with E-state index in [9.17, 15) is 0 Å². The van der Waals surface area contributed by atoms with Crippen molar-refractivity contribution in [2.45, 2.75) is 19.9 Å². The van der Waals surface area contributed by atoms with Gasteiger partial charge in [-0.2, -0.15) is 0 Å². The van der Waals surface area contributed by atoms with Gasteiger partial charge in [0.15, 0.2) is 0 Å². The van der Waals surface area contributed by atoms with Crippen LogP contribution in [0.4, 0.5) is 0 Å². The van der Waals surface area contributed by atoms with Crippen molar-refractivity contribution in [2.75, 3.05) is 7.05 Å². The summed E-state index contributed by atoms with van der Waals surface area (Å²) >= 11 is 0. The summed E-state index contributed by atoms with van der Waals surface area (Å²) in [6.07, 6.45) is 0. The number of nitrogens with zero attached hydrogens (tertiary/aromatic N) is 1.